The molecule has 3 N–H and O–H groups in total. The Morgan fingerprint density at radius 3 is 1.87 bits per heavy atom. The molecule has 1 aliphatic rings. The lowest BCUT2D eigenvalue weighted by molar-refractivity contribution is -0.192. The first-order chi connectivity index (χ1) is 18.3. The number of H-pyrrole nitrogens is 1. The SMILES string of the molecule is O=C(O)C(F)(F)F.c1c[nH]cn1.c1ccc(CCCC2=N[C@@H](c3ccccc3)[C@@H](c3ccccc3)N2)cc1. The topological polar surface area (TPSA) is 90.4 Å². The Kier molecular flexibility index (Phi) is 10.7. The first-order valence-electron chi connectivity index (χ1n) is 12.0. The fraction of sp³-hybridized carbons (Fsp3) is 0.207. The number of benzene rings is 3. The van der Waals surface area contributed by atoms with E-state index < -0.39 is 12.1 Å². The van der Waals surface area contributed by atoms with Crippen molar-refractivity contribution < 1.29 is 23.1 Å². The van der Waals surface area contributed by atoms with Crippen LogP contribution in [0.2, 0.25) is 0 Å². The monoisotopic (exact) mass is 522 g/mol. The minimum Gasteiger partial charge on any atom is -0.475 e. The van der Waals surface area contributed by atoms with Crippen LogP contribution in [0, 0.1) is 0 Å². The van der Waals surface area contributed by atoms with Gasteiger partial charge in [0.05, 0.1) is 18.2 Å². The molecule has 9 heteroatoms. The van der Waals surface area contributed by atoms with Gasteiger partial charge in [0.25, 0.3) is 0 Å². The Hall–Kier alpha value is -4.40. The second-order valence-electron chi connectivity index (χ2n) is 8.37. The summed E-state index contributed by atoms with van der Waals surface area (Å²) in [6.07, 6.45) is 3.19. The van der Waals surface area contributed by atoms with Gasteiger partial charge in [0.2, 0.25) is 0 Å². The number of aryl methyl sites for hydroxylation is 1. The molecule has 0 aliphatic carbocycles. The van der Waals surface area contributed by atoms with E-state index in [4.69, 9.17) is 14.9 Å². The minimum atomic E-state index is -5.08. The van der Waals surface area contributed by atoms with Gasteiger partial charge in [-0.2, -0.15) is 13.2 Å². The van der Waals surface area contributed by atoms with Gasteiger partial charge in [0.15, 0.2) is 0 Å². The van der Waals surface area contributed by atoms with E-state index in [1.807, 2.05) is 0 Å². The van der Waals surface area contributed by atoms with Crippen LogP contribution in [0.15, 0.2) is 115 Å². The predicted molar refractivity (Wildman–Crippen MR) is 141 cm³/mol. The molecule has 2 atom stereocenters. The van der Waals surface area contributed by atoms with Gasteiger partial charge >= 0.3 is 12.1 Å². The fourth-order valence-electron chi connectivity index (χ4n) is 3.84. The zero-order valence-corrected chi connectivity index (χ0v) is 20.6. The summed E-state index contributed by atoms with van der Waals surface area (Å²) < 4.78 is 31.7. The quantitative estimate of drug-likeness (QED) is 0.268. The van der Waals surface area contributed by atoms with Gasteiger partial charge in [0, 0.05) is 18.8 Å². The van der Waals surface area contributed by atoms with Gasteiger partial charge in [-0.05, 0) is 29.5 Å². The van der Waals surface area contributed by atoms with Crippen LogP contribution in [-0.4, -0.2) is 33.1 Å². The van der Waals surface area contributed by atoms with Crippen LogP contribution < -0.4 is 5.32 Å². The van der Waals surface area contributed by atoms with Crippen molar-refractivity contribution in [3.8, 4) is 0 Å². The van der Waals surface area contributed by atoms with Gasteiger partial charge in [-0.1, -0.05) is 91.0 Å². The highest BCUT2D eigenvalue weighted by molar-refractivity contribution is 5.85. The summed E-state index contributed by atoms with van der Waals surface area (Å²) in [6.45, 7) is 0. The van der Waals surface area contributed by atoms with Crippen LogP contribution in [0.5, 0.6) is 0 Å². The van der Waals surface area contributed by atoms with Crippen LogP contribution in [0.25, 0.3) is 0 Å². The Labute approximate surface area is 219 Å². The van der Waals surface area contributed by atoms with E-state index in [1.165, 1.54) is 16.7 Å². The highest BCUT2D eigenvalue weighted by Crippen LogP contribution is 2.36. The molecule has 0 saturated carbocycles. The number of aliphatic carboxylic acids is 1. The number of rotatable bonds is 6. The van der Waals surface area contributed by atoms with Crippen LogP contribution in [0.4, 0.5) is 13.2 Å². The number of aromatic amines is 1. The Bertz CT molecular complexity index is 1220. The smallest absolute Gasteiger partial charge is 0.475 e. The summed E-state index contributed by atoms with van der Waals surface area (Å²) in [5.41, 5.74) is 3.96. The molecule has 38 heavy (non-hydrogen) atoms. The normalized spacial score (nSPS) is 16.1. The molecule has 3 aromatic carbocycles. The third-order valence-electron chi connectivity index (χ3n) is 5.60. The fourth-order valence-corrected chi connectivity index (χ4v) is 3.84. The van der Waals surface area contributed by atoms with Gasteiger partial charge in [-0.25, -0.2) is 9.78 Å². The number of nitrogens with zero attached hydrogens (tertiary/aromatic N) is 2. The number of halogens is 3. The lowest BCUT2D eigenvalue weighted by Crippen LogP contribution is -2.24. The molecule has 5 rings (SSSR count). The predicted octanol–water partition coefficient (Wildman–Crippen LogP) is 6.54. The standard InChI is InChI=1S/C24H24N2.C3H4N2.C2HF3O2/c1-4-11-19(12-5-1)13-10-18-22-25-23(20-14-6-2-7-15-20)24(26-22)21-16-8-3-9-17-21;1-2-5-3-4-1;3-2(4,5)1(6)7/h1-9,11-12,14-17,23-24H,10,13,18H2,(H,25,26);1-3H,(H,4,5);(H,6,7)/t23-,24+;;. The summed E-state index contributed by atoms with van der Waals surface area (Å²) in [7, 11) is 0. The number of carboxylic acid groups (broad SMARTS) is 1. The van der Waals surface area contributed by atoms with Gasteiger partial charge in [-0.15, -0.1) is 0 Å². The average molecular weight is 523 g/mol. The van der Waals surface area contributed by atoms with Crippen molar-refractivity contribution in [3.05, 3.63) is 126 Å². The van der Waals surface area contributed by atoms with Crippen LogP contribution in [0.1, 0.15) is 41.6 Å². The van der Waals surface area contributed by atoms with Crippen molar-refractivity contribution in [1.29, 1.82) is 0 Å². The summed E-state index contributed by atoms with van der Waals surface area (Å²) in [4.78, 5) is 20.4. The Morgan fingerprint density at radius 2 is 1.39 bits per heavy atom. The number of alkyl halides is 3. The lowest BCUT2D eigenvalue weighted by Gasteiger charge is -2.19. The zero-order valence-electron chi connectivity index (χ0n) is 20.6. The van der Waals surface area contributed by atoms with E-state index in [0.717, 1.165) is 25.1 Å². The highest BCUT2D eigenvalue weighted by Gasteiger charge is 2.38. The largest absolute Gasteiger partial charge is 0.490 e. The molecule has 0 unspecified atom stereocenters. The number of hydrogen-bond donors (Lipinski definition) is 3. The van der Waals surface area contributed by atoms with Crippen molar-refractivity contribution in [1.82, 2.24) is 15.3 Å². The van der Waals surface area contributed by atoms with Crippen molar-refractivity contribution in [2.45, 2.75) is 37.5 Å². The number of imidazole rings is 1. The summed E-state index contributed by atoms with van der Waals surface area (Å²) in [5, 5.41) is 10.8. The van der Waals surface area contributed by atoms with Gasteiger partial charge in [0.1, 0.15) is 6.04 Å². The first-order valence-corrected chi connectivity index (χ1v) is 12.0. The number of carboxylic acids is 1. The van der Waals surface area contributed by atoms with Crippen LogP contribution in [-0.2, 0) is 11.2 Å². The van der Waals surface area contributed by atoms with Crippen molar-refractivity contribution >= 4 is 11.8 Å². The summed E-state index contributed by atoms with van der Waals surface area (Å²) >= 11 is 0. The maximum Gasteiger partial charge on any atom is 0.490 e. The highest BCUT2D eigenvalue weighted by atomic mass is 19.4. The van der Waals surface area contributed by atoms with Crippen molar-refractivity contribution in [2.24, 2.45) is 4.99 Å². The summed E-state index contributed by atoms with van der Waals surface area (Å²) in [5.74, 6) is -1.63. The molecule has 0 amide bonds. The summed E-state index contributed by atoms with van der Waals surface area (Å²) in [6, 6.07) is 32.3. The molecule has 4 aromatic rings. The second-order valence-corrected chi connectivity index (χ2v) is 8.37. The number of hydrogen-bond acceptors (Lipinski definition) is 4. The van der Waals surface area contributed by atoms with E-state index in [0.29, 0.717) is 0 Å². The molecule has 0 fully saturated rings. The van der Waals surface area contributed by atoms with Crippen LogP contribution >= 0.6 is 0 Å². The van der Waals surface area contributed by atoms with E-state index in [2.05, 4.69) is 106 Å². The maximum absolute atomic E-state index is 10.6. The van der Waals surface area contributed by atoms with E-state index in [9.17, 15) is 13.2 Å². The Balaban J connectivity index is 0.000000276. The number of carbonyl (C=O) groups is 1. The molecule has 1 aromatic heterocycles. The molecule has 0 bridgehead atoms. The first kappa shape index (κ1) is 28.2. The molecule has 1 aliphatic heterocycles. The number of aromatic nitrogens is 2. The molecule has 0 saturated heterocycles. The van der Waals surface area contributed by atoms with Crippen LogP contribution in [0.3, 0.4) is 0 Å². The molecular weight excluding hydrogens is 493 g/mol. The molecule has 198 valence electrons. The zero-order chi connectivity index (χ0) is 27.2. The number of nitrogens with one attached hydrogen (secondary N) is 2. The van der Waals surface area contributed by atoms with E-state index in [-0.39, 0.29) is 12.1 Å². The van der Waals surface area contributed by atoms with Gasteiger partial charge in [-0.3, -0.25) is 4.99 Å². The minimum absolute atomic E-state index is 0.144. The van der Waals surface area contributed by atoms with E-state index >= 15 is 0 Å². The molecule has 0 spiro atoms. The lowest BCUT2D eigenvalue weighted by atomic mass is 9.95. The number of aliphatic imine (C=N–C) groups is 1. The molecule has 0 radical (unpaired) electrons. The molecular formula is C29H29F3N4O2. The van der Waals surface area contributed by atoms with Gasteiger partial charge < -0.3 is 15.4 Å². The number of amidine groups is 1. The maximum atomic E-state index is 10.6. The second kappa shape index (κ2) is 14.4. The molecule has 2 heterocycles. The Morgan fingerprint density at radius 1 is 0.842 bits per heavy atom. The average Bonchev–Trinajstić information content (AvgIpc) is 3.64. The third kappa shape index (κ3) is 9.24. The molecule has 6 nitrogen and oxygen atoms in total. The van der Waals surface area contributed by atoms with E-state index in [1.54, 1.807) is 18.7 Å². The van der Waals surface area contributed by atoms with Crippen molar-refractivity contribution in [3.63, 3.8) is 0 Å². The third-order valence-corrected chi connectivity index (χ3v) is 5.60. The van der Waals surface area contributed by atoms with Crippen molar-refractivity contribution in [2.75, 3.05) is 0 Å².